The quantitative estimate of drug-likeness (QED) is 0.577. The molecule has 4 N–H and O–H groups in total. The van der Waals surface area contributed by atoms with Crippen molar-refractivity contribution in [2.45, 2.75) is 12.5 Å². The number of phenols is 1. The molecule has 5 heteroatoms. The molecule has 0 saturated carbocycles. The molecule has 0 aliphatic rings. The fourth-order valence-electron chi connectivity index (χ4n) is 1.12. The summed E-state index contributed by atoms with van der Waals surface area (Å²) in [6, 6.07) is 5.54. The number of hydrogen-bond donors (Lipinski definition) is 3. The van der Waals surface area contributed by atoms with Gasteiger partial charge in [-0.05, 0) is 24.1 Å². The van der Waals surface area contributed by atoms with E-state index >= 15 is 0 Å². The third-order valence-electron chi connectivity index (χ3n) is 1.90. The summed E-state index contributed by atoms with van der Waals surface area (Å²) in [6.07, 6.45) is 1.57. The predicted octanol–water partition coefficient (Wildman–Crippen LogP) is -0.555. The van der Waals surface area contributed by atoms with Crippen LogP contribution < -0.4 is 11.1 Å². The SMILES string of the molecule is NC(Cc1ccc(O)cc1)C(=O)N[C]=O. The van der Waals surface area contributed by atoms with Crippen molar-refractivity contribution in [3.05, 3.63) is 29.8 Å². The third-order valence-corrected chi connectivity index (χ3v) is 1.90. The number of imide groups is 1. The largest absolute Gasteiger partial charge is 0.508 e. The molecule has 2 amide bonds. The number of rotatable bonds is 4. The Morgan fingerprint density at radius 3 is 2.60 bits per heavy atom. The second-order valence-electron chi connectivity index (χ2n) is 3.07. The lowest BCUT2D eigenvalue weighted by molar-refractivity contribution is -0.120. The molecular weight excluding hydrogens is 196 g/mol. The van der Waals surface area contributed by atoms with Gasteiger partial charge in [0.2, 0.25) is 5.91 Å². The van der Waals surface area contributed by atoms with Crippen molar-refractivity contribution in [1.82, 2.24) is 5.32 Å². The van der Waals surface area contributed by atoms with Crippen molar-refractivity contribution >= 4 is 12.3 Å². The van der Waals surface area contributed by atoms with Crippen LogP contribution in [-0.4, -0.2) is 23.5 Å². The molecule has 5 nitrogen and oxygen atoms in total. The molecule has 0 fully saturated rings. The van der Waals surface area contributed by atoms with Crippen LogP contribution in [0.4, 0.5) is 0 Å². The molecule has 0 heterocycles. The van der Waals surface area contributed by atoms with Crippen LogP contribution in [0.5, 0.6) is 5.75 Å². The van der Waals surface area contributed by atoms with Crippen molar-refractivity contribution in [1.29, 1.82) is 0 Å². The zero-order valence-electron chi connectivity index (χ0n) is 7.93. The van der Waals surface area contributed by atoms with Gasteiger partial charge in [-0.3, -0.25) is 14.9 Å². The first-order valence-corrected chi connectivity index (χ1v) is 4.34. The van der Waals surface area contributed by atoms with Gasteiger partial charge in [0.15, 0.2) is 0 Å². The van der Waals surface area contributed by atoms with Gasteiger partial charge >= 0.3 is 6.41 Å². The molecule has 0 saturated heterocycles. The summed E-state index contributed by atoms with van der Waals surface area (Å²) in [6.45, 7) is 0. The third kappa shape index (κ3) is 3.40. The van der Waals surface area contributed by atoms with Gasteiger partial charge in [0, 0.05) is 0 Å². The van der Waals surface area contributed by atoms with Crippen molar-refractivity contribution in [3.63, 3.8) is 0 Å². The first-order valence-electron chi connectivity index (χ1n) is 4.34. The molecule has 1 unspecified atom stereocenters. The van der Waals surface area contributed by atoms with Crippen molar-refractivity contribution in [3.8, 4) is 5.75 Å². The minimum absolute atomic E-state index is 0.151. The van der Waals surface area contributed by atoms with Crippen molar-refractivity contribution < 1.29 is 14.7 Å². The van der Waals surface area contributed by atoms with Gasteiger partial charge in [0.25, 0.3) is 0 Å². The van der Waals surface area contributed by atoms with Crippen LogP contribution in [0.3, 0.4) is 0 Å². The van der Waals surface area contributed by atoms with Crippen LogP contribution in [0.2, 0.25) is 0 Å². The van der Waals surface area contributed by atoms with Crippen LogP contribution in [0.25, 0.3) is 0 Å². The summed E-state index contributed by atoms with van der Waals surface area (Å²) in [5.41, 5.74) is 6.33. The van der Waals surface area contributed by atoms with E-state index in [-0.39, 0.29) is 5.75 Å². The highest BCUT2D eigenvalue weighted by Crippen LogP contribution is 2.10. The average Bonchev–Trinajstić information content (AvgIpc) is 2.22. The molecule has 0 aliphatic carbocycles. The van der Waals surface area contributed by atoms with Gasteiger partial charge in [0.1, 0.15) is 5.75 Å². The van der Waals surface area contributed by atoms with E-state index in [0.717, 1.165) is 5.56 Å². The first kappa shape index (κ1) is 11.2. The van der Waals surface area contributed by atoms with Gasteiger partial charge < -0.3 is 10.8 Å². The molecular formula is C10H11N2O3. The van der Waals surface area contributed by atoms with E-state index in [0.29, 0.717) is 6.42 Å². The van der Waals surface area contributed by atoms with Crippen molar-refractivity contribution in [2.75, 3.05) is 0 Å². The molecule has 1 aromatic carbocycles. The highest BCUT2D eigenvalue weighted by atomic mass is 16.3. The fourth-order valence-corrected chi connectivity index (χ4v) is 1.12. The molecule has 0 spiro atoms. The number of amides is 2. The second-order valence-corrected chi connectivity index (χ2v) is 3.07. The standard InChI is InChI=1S/C10H11N2O3/c11-9(10(15)12-6-13)5-7-1-3-8(14)4-2-7/h1-4,9,14H,5,11H2,(H,12,13,15). The van der Waals surface area contributed by atoms with E-state index in [1.807, 2.05) is 5.32 Å². The fraction of sp³-hybridized carbons (Fsp3) is 0.200. The molecule has 15 heavy (non-hydrogen) atoms. The zero-order valence-corrected chi connectivity index (χ0v) is 7.93. The van der Waals surface area contributed by atoms with Crippen molar-refractivity contribution in [2.24, 2.45) is 5.73 Å². The topological polar surface area (TPSA) is 92.4 Å². The summed E-state index contributed by atoms with van der Waals surface area (Å²) in [4.78, 5) is 20.9. The lowest BCUT2D eigenvalue weighted by Gasteiger charge is -2.08. The number of carbonyl (C=O) groups excluding carboxylic acids is 2. The number of aromatic hydroxyl groups is 1. The summed E-state index contributed by atoms with van der Waals surface area (Å²) >= 11 is 0. The summed E-state index contributed by atoms with van der Waals surface area (Å²) in [5, 5.41) is 10.9. The monoisotopic (exact) mass is 207 g/mol. The minimum Gasteiger partial charge on any atom is -0.508 e. The highest BCUT2D eigenvalue weighted by molar-refractivity contribution is 5.90. The number of nitrogens with two attached hydrogens (primary N) is 1. The summed E-state index contributed by atoms with van der Waals surface area (Å²) < 4.78 is 0. The van der Waals surface area contributed by atoms with Crippen LogP contribution >= 0.6 is 0 Å². The molecule has 79 valence electrons. The van der Waals surface area contributed by atoms with Crippen LogP contribution in [0.15, 0.2) is 24.3 Å². The predicted molar refractivity (Wildman–Crippen MR) is 53.6 cm³/mol. The Labute approximate surface area is 86.9 Å². The Bertz CT molecular complexity index is 348. The second kappa shape index (κ2) is 5.11. The highest BCUT2D eigenvalue weighted by Gasteiger charge is 2.13. The van der Waals surface area contributed by atoms with E-state index in [9.17, 15) is 9.59 Å². The van der Waals surface area contributed by atoms with Gasteiger partial charge in [-0.2, -0.15) is 0 Å². The molecule has 0 aliphatic heterocycles. The van der Waals surface area contributed by atoms with E-state index in [2.05, 4.69) is 0 Å². The van der Waals surface area contributed by atoms with E-state index < -0.39 is 11.9 Å². The molecule has 1 rings (SSSR count). The van der Waals surface area contributed by atoms with Gasteiger partial charge in [-0.25, -0.2) is 0 Å². The zero-order chi connectivity index (χ0) is 11.3. The van der Waals surface area contributed by atoms with Gasteiger partial charge in [0.05, 0.1) is 6.04 Å². The lowest BCUT2D eigenvalue weighted by atomic mass is 10.1. The maximum atomic E-state index is 11.1. The Morgan fingerprint density at radius 1 is 1.47 bits per heavy atom. The van der Waals surface area contributed by atoms with Crippen LogP contribution in [0.1, 0.15) is 5.56 Å². The molecule has 0 bridgehead atoms. The van der Waals surface area contributed by atoms with E-state index in [1.165, 1.54) is 18.5 Å². The van der Waals surface area contributed by atoms with Gasteiger partial charge in [-0.15, -0.1) is 0 Å². The van der Waals surface area contributed by atoms with E-state index in [1.54, 1.807) is 12.1 Å². The Kier molecular flexibility index (Phi) is 3.82. The van der Waals surface area contributed by atoms with Crippen LogP contribution in [-0.2, 0) is 16.0 Å². The number of carbonyl (C=O) groups is 1. The maximum absolute atomic E-state index is 11.1. The number of hydrogen-bond acceptors (Lipinski definition) is 4. The molecule has 1 atom stereocenters. The lowest BCUT2D eigenvalue weighted by Crippen LogP contribution is -2.41. The number of phenolic OH excluding ortho intramolecular Hbond substituents is 1. The first-order chi connectivity index (χ1) is 7.13. The number of benzene rings is 1. The van der Waals surface area contributed by atoms with Crippen LogP contribution in [0, 0.1) is 0 Å². The Hall–Kier alpha value is -1.88. The minimum atomic E-state index is -0.795. The molecule has 0 aromatic heterocycles. The molecule has 1 aromatic rings. The smallest absolute Gasteiger partial charge is 0.316 e. The van der Waals surface area contributed by atoms with Gasteiger partial charge in [-0.1, -0.05) is 12.1 Å². The average molecular weight is 207 g/mol. The maximum Gasteiger partial charge on any atom is 0.316 e. The normalized spacial score (nSPS) is 11.8. The Balaban J connectivity index is 2.57. The summed E-state index contributed by atoms with van der Waals surface area (Å²) in [7, 11) is 0. The number of nitrogens with one attached hydrogen (secondary N) is 1. The molecule has 1 radical (unpaired) electrons. The summed E-state index contributed by atoms with van der Waals surface area (Å²) in [5.74, 6) is -0.420. The Morgan fingerprint density at radius 2 is 2.07 bits per heavy atom. The van der Waals surface area contributed by atoms with E-state index in [4.69, 9.17) is 10.8 Å².